The average molecular weight is 344 g/mol. The SMILES string of the molecule is Cc1ccc(Br)c(-n2nnnc2-c2ccc(N)c(C)c2)c1. The van der Waals surface area contributed by atoms with E-state index in [1.165, 1.54) is 0 Å². The number of hydrogen-bond acceptors (Lipinski definition) is 4. The third kappa shape index (κ3) is 2.54. The van der Waals surface area contributed by atoms with Crippen LogP contribution in [0.15, 0.2) is 40.9 Å². The van der Waals surface area contributed by atoms with Gasteiger partial charge < -0.3 is 5.73 Å². The number of tetrazole rings is 1. The number of aromatic nitrogens is 4. The van der Waals surface area contributed by atoms with Gasteiger partial charge in [-0.2, -0.15) is 4.68 Å². The van der Waals surface area contributed by atoms with Crippen molar-refractivity contribution in [1.82, 2.24) is 20.2 Å². The highest BCUT2D eigenvalue weighted by Gasteiger charge is 2.13. The number of rotatable bonds is 2. The predicted octanol–water partition coefficient (Wildman–Crippen LogP) is 3.29. The predicted molar refractivity (Wildman–Crippen MR) is 86.2 cm³/mol. The molecule has 0 aliphatic heterocycles. The Morgan fingerprint density at radius 3 is 2.67 bits per heavy atom. The first kappa shape index (κ1) is 13.8. The number of nitrogen functional groups attached to an aromatic ring is 1. The lowest BCUT2D eigenvalue weighted by atomic mass is 10.1. The van der Waals surface area contributed by atoms with Gasteiger partial charge in [0, 0.05) is 15.7 Å². The summed E-state index contributed by atoms with van der Waals surface area (Å²) in [5.41, 5.74) is 10.6. The molecule has 106 valence electrons. The van der Waals surface area contributed by atoms with E-state index in [4.69, 9.17) is 5.73 Å². The monoisotopic (exact) mass is 343 g/mol. The topological polar surface area (TPSA) is 69.6 Å². The molecule has 0 saturated heterocycles. The van der Waals surface area contributed by atoms with E-state index in [9.17, 15) is 0 Å². The Morgan fingerprint density at radius 1 is 1.10 bits per heavy atom. The molecule has 0 radical (unpaired) electrons. The minimum Gasteiger partial charge on any atom is -0.399 e. The first-order valence-corrected chi connectivity index (χ1v) is 7.27. The molecule has 0 saturated carbocycles. The molecule has 0 aliphatic rings. The Bertz CT molecular complexity index is 810. The standard InChI is InChI=1S/C15H14BrN5/c1-9-3-5-12(16)14(7-9)21-15(18-19-20-21)11-4-6-13(17)10(2)8-11/h3-8H,17H2,1-2H3. The average Bonchev–Trinajstić information content (AvgIpc) is 2.93. The molecular formula is C15H14BrN5. The zero-order valence-electron chi connectivity index (χ0n) is 11.7. The van der Waals surface area contributed by atoms with E-state index >= 15 is 0 Å². The third-order valence-electron chi connectivity index (χ3n) is 3.33. The fourth-order valence-corrected chi connectivity index (χ4v) is 2.54. The second kappa shape index (κ2) is 5.29. The van der Waals surface area contributed by atoms with Gasteiger partial charge in [0.1, 0.15) is 0 Å². The van der Waals surface area contributed by atoms with Crippen LogP contribution in [0.5, 0.6) is 0 Å². The molecule has 0 fully saturated rings. The molecule has 1 heterocycles. The van der Waals surface area contributed by atoms with Crippen LogP contribution in [-0.2, 0) is 0 Å². The molecule has 3 rings (SSSR count). The number of anilines is 1. The largest absolute Gasteiger partial charge is 0.399 e. The molecule has 0 spiro atoms. The van der Waals surface area contributed by atoms with Crippen molar-refractivity contribution in [2.45, 2.75) is 13.8 Å². The molecule has 3 aromatic rings. The first-order valence-electron chi connectivity index (χ1n) is 6.47. The van der Waals surface area contributed by atoms with E-state index in [2.05, 4.69) is 31.5 Å². The molecule has 0 unspecified atom stereocenters. The molecule has 6 heteroatoms. The van der Waals surface area contributed by atoms with Crippen LogP contribution in [0.25, 0.3) is 17.1 Å². The molecule has 2 aromatic carbocycles. The summed E-state index contributed by atoms with van der Waals surface area (Å²) < 4.78 is 2.66. The molecular weight excluding hydrogens is 330 g/mol. The lowest BCUT2D eigenvalue weighted by Gasteiger charge is -2.09. The van der Waals surface area contributed by atoms with Gasteiger partial charge in [-0.1, -0.05) is 6.07 Å². The summed E-state index contributed by atoms with van der Waals surface area (Å²) in [6.07, 6.45) is 0. The smallest absolute Gasteiger partial charge is 0.187 e. The molecule has 2 N–H and O–H groups in total. The summed E-state index contributed by atoms with van der Waals surface area (Å²) >= 11 is 3.55. The zero-order chi connectivity index (χ0) is 15.0. The molecule has 21 heavy (non-hydrogen) atoms. The van der Waals surface area contributed by atoms with Crippen molar-refractivity contribution in [3.63, 3.8) is 0 Å². The van der Waals surface area contributed by atoms with Crippen molar-refractivity contribution in [2.24, 2.45) is 0 Å². The van der Waals surface area contributed by atoms with Crippen molar-refractivity contribution in [3.8, 4) is 17.1 Å². The van der Waals surface area contributed by atoms with Gasteiger partial charge >= 0.3 is 0 Å². The fraction of sp³-hybridized carbons (Fsp3) is 0.133. The fourth-order valence-electron chi connectivity index (χ4n) is 2.13. The third-order valence-corrected chi connectivity index (χ3v) is 4.00. The second-order valence-corrected chi connectivity index (χ2v) is 5.79. The van der Waals surface area contributed by atoms with Crippen LogP contribution in [0, 0.1) is 13.8 Å². The van der Waals surface area contributed by atoms with Crippen LogP contribution in [0.1, 0.15) is 11.1 Å². The summed E-state index contributed by atoms with van der Waals surface area (Å²) in [5.74, 6) is 0.685. The molecule has 0 bridgehead atoms. The highest BCUT2D eigenvalue weighted by atomic mass is 79.9. The Kier molecular flexibility index (Phi) is 3.47. The van der Waals surface area contributed by atoms with Crippen molar-refractivity contribution in [2.75, 3.05) is 5.73 Å². The summed E-state index contributed by atoms with van der Waals surface area (Å²) in [6.45, 7) is 4.00. The number of aryl methyl sites for hydroxylation is 2. The molecule has 0 aliphatic carbocycles. The quantitative estimate of drug-likeness (QED) is 0.725. The number of halogens is 1. The highest BCUT2D eigenvalue weighted by Crippen LogP contribution is 2.27. The maximum absolute atomic E-state index is 5.87. The molecule has 1 aromatic heterocycles. The van der Waals surface area contributed by atoms with Crippen LogP contribution in [0.3, 0.4) is 0 Å². The number of benzene rings is 2. The Labute approximate surface area is 130 Å². The van der Waals surface area contributed by atoms with Gasteiger partial charge in [-0.15, -0.1) is 5.10 Å². The minimum absolute atomic E-state index is 0.685. The van der Waals surface area contributed by atoms with Crippen LogP contribution in [-0.4, -0.2) is 20.2 Å². The van der Waals surface area contributed by atoms with Gasteiger partial charge in [-0.25, -0.2) is 0 Å². The van der Waals surface area contributed by atoms with Gasteiger partial charge in [-0.3, -0.25) is 0 Å². The summed E-state index contributed by atoms with van der Waals surface area (Å²) in [4.78, 5) is 0. The maximum atomic E-state index is 5.87. The van der Waals surface area contributed by atoms with Crippen molar-refractivity contribution in [1.29, 1.82) is 0 Å². The van der Waals surface area contributed by atoms with Gasteiger partial charge in [0.05, 0.1) is 5.69 Å². The van der Waals surface area contributed by atoms with Gasteiger partial charge in [-0.05, 0) is 81.7 Å². The summed E-state index contributed by atoms with van der Waals surface area (Å²) in [5, 5.41) is 12.1. The van der Waals surface area contributed by atoms with Crippen molar-refractivity contribution >= 4 is 21.6 Å². The lowest BCUT2D eigenvalue weighted by molar-refractivity contribution is 0.788. The zero-order valence-corrected chi connectivity index (χ0v) is 13.3. The van der Waals surface area contributed by atoms with Gasteiger partial charge in [0.2, 0.25) is 0 Å². The van der Waals surface area contributed by atoms with Gasteiger partial charge in [0.15, 0.2) is 5.82 Å². The normalized spacial score (nSPS) is 10.8. The van der Waals surface area contributed by atoms with E-state index in [1.54, 1.807) is 4.68 Å². The second-order valence-electron chi connectivity index (χ2n) is 4.94. The van der Waals surface area contributed by atoms with Crippen molar-refractivity contribution < 1.29 is 0 Å². The Morgan fingerprint density at radius 2 is 1.90 bits per heavy atom. The van der Waals surface area contributed by atoms with E-state index in [0.717, 1.165) is 32.5 Å². The first-order chi connectivity index (χ1) is 10.1. The maximum Gasteiger partial charge on any atom is 0.187 e. The van der Waals surface area contributed by atoms with Crippen LogP contribution < -0.4 is 5.73 Å². The van der Waals surface area contributed by atoms with E-state index in [1.807, 2.05) is 50.2 Å². The molecule has 0 atom stereocenters. The Balaban J connectivity index is 2.17. The minimum atomic E-state index is 0.685. The number of nitrogens with two attached hydrogens (primary N) is 1. The van der Waals surface area contributed by atoms with Crippen LogP contribution in [0.4, 0.5) is 5.69 Å². The van der Waals surface area contributed by atoms with E-state index < -0.39 is 0 Å². The van der Waals surface area contributed by atoms with Crippen molar-refractivity contribution in [3.05, 3.63) is 52.0 Å². The molecule has 5 nitrogen and oxygen atoms in total. The number of nitrogens with zero attached hydrogens (tertiary/aromatic N) is 4. The Hall–Kier alpha value is -2.21. The number of hydrogen-bond donors (Lipinski definition) is 1. The lowest BCUT2D eigenvalue weighted by Crippen LogP contribution is -2.02. The van der Waals surface area contributed by atoms with Gasteiger partial charge in [0.25, 0.3) is 0 Å². The van der Waals surface area contributed by atoms with Crippen LogP contribution in [0.2, 0.25) is 0 Å². The van der Waals surface area contributed by atoms with E-state index in [-0.39, 0.29) is 0 Å². The summed E-state index contributed by atoms with van der Waals surface area (Å²) in [6, 6.07) is 11.8. The molecule has 0 amide bonds. The summed E-state index contributed by atoms with van der Waals surface area (Å²) in [7, 11) is 0. The van der Waals surface area contributed by atoms with Crippen LogP contribution >= 0.6 is 15.9 Å². The van der Waals surface area contributed by atoms with E-state index in [0.29, 0.717) is 5.82 Å². The highest BCUT2D eigenvalue weighted by molar-refractivity contribution is 9.10.